The quantitative estimate of drug-likeness (QED) is 0.467. The number of amides is 2. The van der Waals surface area contributed by atoms with E-state index in [9.17, 15) is 9.59 Å². The average Bonchev–Trinajstić information content (AvgIpc) is 3.17. The molecule has 0 spiro atoms. The van der Waals surface area contributed by atoms with Crippen LogP contribution in [0.5, 0.6) is 0 Å². The zero-order chi connectivity index (χ0) is 23.0. The number of para-hydroxylation sites is 1. The van der Waals surface area contributed by atoms with Gasteiger partial charge in [-0.2, -0.15) is 0 Å². The summed E-state index contributed by atoms with van der Waals surface area (Å²) in [6.07, 6.45) is 1.22. The molecule has 1 aliphatic rings. The van der Waals surface area contributed by atoms with Crippen LogP contribution in [-0.2, 0) is 21.5 Å². The Morgan fingerprint density at radius 1 is 0.879 bits per heavy atom. The number of piperidine rings is 1. The van der Waals surface area contributed by atoms with Crippen LogP contribution in [-0.4, -0.2) is 34.4 Å². The molecule has 0 saturated carbocycles. The highest BCUT2D eigenvalue weighted by Crippen LogP contribution is 2.38. The lowest BCUT2D eigenvalue weighted by Crippen LogP contribution is -2.50. The van der Waals surface area contributed by atoms with Gasteiger partial charge < -0.3 is 14.8 Å². The topological polar surface area (TPSA) is 54.3 Å². The van der Waals surface area contributed by atoms with Crippen LogP contribution in [0.2, 0.25) is 0 Å². The number of hydrogen-bond donors (Lipinski definition) is 1. The van der Waals surface area contributed by atoms with E-state index in [1.165, 1.54) is 16.4 Å². The second-order valence-electron chi connectivity index (χ2n) is 8.90. The molecule has 33 heavy (non-hydrogen) atoms. The van der Waals surface area contributed by atoms with Gasteiger partial charge in [-0.1, -0.05) is 48.5 Å². The molecule has 5 nitrogen and oxygen atoms in total. The predicted molar refractivity (Wildman–Crippen MR) is 133 cm³/mol. The van der Waals surface area contributed by atoms with Gasteiger partial charge in [-0.05, 0) is 49.6 Å². The first-order valence-corrected chi connectivity index (χ1v) is 11.7. The number of carbonyl (C=O) groups excluding carboxylic acids is 2. The van der Waals surface area contributed by atoms with Gasteiger partial charge >= 0.3 is 0 Å². The van der Waals surface area contributed by atoms with Gasteiger partial charge in [0.05, 0.1) is 5.41 Å². The minimum atomic E-state index is -0.653. The van der Waals surface area contributed by atoms with Gasteiger partial charge in [-0.25, -0.2) is 0 Å². The van der Waals surface area contributed by atoms with E-state index < -0.39 is 5.41 Å². The van der Waals surface area contributed by atoms with Crippen LogP contribution in [0.25, 0.3) is 21.8 Å². The molecule has 1 fully saturated rings. The summed E-state index contributed by atoms with van der Waals surface area (Å²) in [5.41, 5.74) is 3.53. The van der Waals surface area contributed by atoms with Gasteiger partial charge in [0.1, 0.15) is 0 Å². The van der Waals surface area contributed by atoms with Crippen molar-refractivity contribution in [2.24, 2.45) is 0 Å². The number of rotatable bonds is 4. The Morgan fingerprint density at radius 3 is 2.24 bits per heavy atom. The van der Waals surface area contributed by atoms with Crippen LogP contribution < -0.4 is 5.32 Å². The third-order valence-electron chi connectivity index (χ3n) is 7.17. The Kier molecular flexibility index (Phi) is 5.41. The van der Waals surface area contributed by atoms with Crippen molar-refractivity contribution in [3.05, 3.63) is 78.4 Å². The third-order valence-corrected chi connectivity index (χ3v) is 7.17. The molecule has 0 radical (unpaired) electrons. The van der Waals surface area contributed by atoms with E-state index >= 15 is 0 Å². The Balaban J connectivity index is 1.51. The molecular weight excluding hydrogens is 410 g/mol. The molecule has 3 aromatic carbocycles. The molecule has 1 N–H and O–H groups in total. The van der Waals surface area contributed by atoms with E-state index in [1.807, 2.05) is 41.3 Å². The molecule has 1 saturated heterocycles. The van der Waals surface area contributed by atoms with Crippen LogP contribution >= 0.6 is 0 Å². The first-order chi connectivity index (χ1) is 16.0. The number of aromatic nitrogens is 1. The van der Waals surface area contributed by atoms with Gasteiger partial charge in [0, 0.05) is 54.1 Å². The normalized spacial score (nSPS) is 15.6. The van der Waals surface area contributed by atoms with Crippen molar-refractivity contribution in [1.29, 1.82) is 0 Å². The molecule has 0 aliphatic carbocycles. The number of fused-ring (bicyclic) bond motifs is 3. The number of likely N-dealkylation sites (tertiary alicyclic amines) is 1. The zero-order valence-corrected chi connectivity index (χ0v) is 19.2. The maximum Gasteiger partial charge on any atom is 0.235 e. The smallest absolute Gasteiger partial charge is 0.235 e. The number of nitrogens with one attached hydrogen (secondary N) is 1. The summed E-state index contributed by atoms with van der Waals surface area (Å²) in [4.78, 5) is 27.5. The number of nitrogens with zero attached hydrogens (tertiary/aromatic N) is 2. The summed E-state index contributed by atoms with van der Waals surface area (Å²) in [7, 11) is 0. The van der Waals surface area contributed by atoms with E-state index in [2.05, 4.69) is 53.2 Å². The molecule has 1 aromatic heterocycles. The monoisotopic (exact) mass is 439 g/mol. The summed E-state index contributed by atoms with van der Waals surface area (Å²) in [6, 6.07) is 24.6. The molecule has 0 atom stereocenters. The Hall–Kier alpha value is -3.60. The van der Waals surface area contributed by atoms with Gasteiger partial charge in [0.25, 0.3) is 0 Å². The minimum Gasteiger partial charge on any atom is -0.343 e. The zero-order valence-electron chi connectivity index (χ0n) is 19.2. The van der Waals surface area contributed by atoms with Crippen molar-refractivity contribution in [2.75, 3.05) is 18.4 Å². The van der Waals surface area contributed by atoms with E-state index in [0.717, 1.165) is 23.2 Å². The summed E-state index contributed by atoms with van der Waals surface area (Å²) in [5, 5.41) is 5.56. The van der Waals surface area contributed by atoms with Gasteiger partial charge in [-0.3, -0.25) is 9.59 Å². The first kappa shape index (κ1) is 21.3. The summed E-state index contributed by atoms with van der Waals surface area (Å²) >= 11 is 0. The second-order valence-corrected chi connectivity index (χ2v) is 8.90. The number of anilines is 1. The molecule has 5 heteroatoms. The fourth-order valence-corrected chi connectivity index (χ4v) is 5.33. The van der Waals surface area contributed by atoms with Crippen molar-refractivity contribution in [3.63, 3.8) is 0 Å². The molecule has 168 valence electrons. The van der Waals surface area contributed by atoms with Gasteiger partial charge in [-0.15, -0.1) is 0 Å². The first-order valence-electron chi connectivity index (χ1n) is 11.7. The average molecular weight is 440 g/mol. The van der Waals surface area contributed by atoms with Crippen molar-refractivity contribution in [1.82, 2.24) is 9.47 Å². The van der Waals surface area contributed by atoms with E-state index in [0.29, 0.717) is 25.9 Å². The highest BCUT2D eigenvalue weighted by Gasteiger charge is 2.43. The number of hydrogen-bond acceptors (Lipinski definition) is 2. The SMILES string of the molecule is CCn1c2ccccc2c2cc(NC(=O)C3(c4ccccc4)CCN(C(C)=O)CC3)ccc21. The van der Waals surface area contributed by atoms with Gasteiger partial charge in [0.15, 0.2) is 0 Å². The fourth-order valence-electron chi connectivity index (χ4n) is 5.33. The standard InChI is InChI=1S/C28H29N3O2/c1-3-31-25-12-8-7-11-23(25)24-19-22(13-14-26(24)31)29-27(33)28(21-9-5-4-6-10-21)15-17-30(18-16-28)20(2)32/h4-14,19H,3,15-18H2,1-2H3,(H,29,33). The molecule has 5 rings (SSSR count). The molecule has 0 bridgehead atoms. The summed E-state index contributed by atoms with van der Waals surface area (Å²) < 4.78 is 2.30. The van der Waals surface area contributed by atoms with Crippen molar-refractivity contribution < 1.29 is 9.59 Å². The highest BCUT2D eigenvalue weighted by atomic mass is 16.2. The maximum absolute atomic E-state index is 13.8. The maximum atomic E-state index is 13.8. The third kappa shape index (κ3) is 3.58. The lowest BCUT2D eigenvalue weighted by Gasteiger charge is -2.40. The number of benzene rings is 3. The fraction of sp³-hybridized carbons (Fsp3) is 0.286. The number of carbonyl (C=O) groups is 2. The summed E-state index contributed by atoms with van der Waals surface area (Å²) in [6.45, 7) is 5.80. The predicted octanol–water partition coefficient (Wildman–Crippen LogP) is 5.33. The molecule has 2 amide bonds. The van der Waals surface area contributed by atoms with Crippen LogP contribution in [0, 0.1) is 0 Å². The van der Waals surface area contributed by atoms with Crippen molar-refractivity contribution >= 4 is 39.3 Å². The molecule has 2 heterocycles. The lowest BCUT2D eigenvalue weighted by molar-refractivity contribution is -0.133. The highest BCUT2D eigenvalue weighted by molar-refractivity contribution is 6.10. The summed E-state index contributed by atoms with van der Waals surface area (Å²) in [5.74, 6) is 0.0605. The van der Waals surface area contributed by atoms with Crippen molar-refractivity contribution in [3.8, 4) is 0 Å². The van der Waals surface area contributed by atoms with Crippen LogP contribution in [0.4, 0.5) is 5.69 Å². The van der Waals surface area contributed by atoms with E-state index in [-0.39, 0.29) is 11.8 Å². The van der Waals surface area contributed by atoms with Gasteiger partial charge in [0.2, 0.25) is 11.8 Å². The van der Waals surface area contributed by atoms with E-state index in [1.54, 1.807) is 6.92 Å². The van der Waals surface area contributed by atoms with Crippen LogP contribution in [0.3, 0.4) is 0 Å². The largest absolute Gasteiger partial charge is 0.343 e. The van der Waals surface area contributed by atoms with E-state index in [4.69, 9.17) is 0 Å². The Bertz CT molecular complexity index is 1330. The van der Waals surface area contributed by atoms with Crippen molar-refractivity contribution in [2.45, 2.75) is 38.6 Å². The molecule has 4 aromatic rings. The van der Waals surface area contributed by atoms with Crippen LogP contribution in [0.15, 0.2) is 72.8 Å². The van der Waals surface area contributed by atoms with Crippen LogP contribution in [0.1, 0.15) is 32.3 Å². The molecule has 0 unspecified atom stereocenters. The molecular formula is C28H29N3O2. The minimum absolute atomic E-state index is 0.00418. The Morgan fingerprint density at radius 2 is 1.55 bits per heavy atom. The lowest BCUT2D eigenvalue weighted by atomic mass is 9.72. The number of aryl methyl sites for hydroxylation is 1. The Labute approximate surface area is 194 Å². The molecule has 1 aliphatic heterocycles. The second kappa shape index (κ2) is 8.39.